The van der Waals surface area contributed by atoms with Gasteiger partial charge in [-0.15, -0.1) is 0 Å². The number of nitrogens with zero attached hydrogens (tertiary/aromatic N) is 1. The number of aromatic nitrogens is 1. The lowest BCUT2D eigenvalue weighted by Gasteiger charge is -2.28. The number of pyridine rings is 1. The Morgan fingerprint density at radius 2 is 2.07 bits per heavy atom. The Hall–Kier alpha value is -0.570. The zero-order chi connectivity index (χ0) is 10.8. The molecule has 0 saturated carbocycles. The maximum Gasteiger partial charge on any atom is 0.140 e. The topological polar surface area (TPSA) is 24.9 Å². The minimum atomic E-state index is 0.233. The summed E-state index contributed by atoms with van der Waals surface area (Å²) in [6.45, 7) is 8.80. The van der Waals surface area contributed by atoms with Gasteiger partial charge in [-0.25, -0.2) is 4.98 Å². The van der Waals surface area contributed by atoms with Gasteiger partial charge in [-0.1, -0.05) is 20.8 Å². The summed E-state index contributed by atoms with van der Waals surface area (Å²) in [6.07, 6.45) is 1.79. The Bertz CT molecular complexity index is 304. The van der Waals surface area contributed by atoms with Crippen LogP contribution in [-0.2, 0) is 0 Å². The highest BCUT2D eigenvalue weighted by Crippen LogP contribution is 2.25. The average molecular weight is 257 g/mol. The molecule has 0 radical (unpaired) electrons. The number of halogens is 1. The molecule has 1 rings (SSSR count). The Kier molecular flexibility index (Phi) is 3.53. The summed E-state index contributed by atoms with van der Waals surface area (Å²) in [5.41, 5.74) is 0.233. The van der Waals surface area contributed by atoms with Crippen molar-refractivity contribution in [3.05, 3.63) is 22.8 Å². The van der Waals surface area contributed by atoms with Crippen molar-refractivity contribution < 1.29 is 0 Å². The van der Waals surface area contributed by atoms with E-state index < -0.39 is 0 Å². The molecule has 0 saturated heterocycles. The van der Waals surface area contributed by atoms with E-state index in [0.717, 1.165) is 10.3 Å². The first-order valence-corrected chi connectivity index (χ1v) is 5.57. The molecule has 78 valence electrons. The minimum absolute atomic E-state index is 0.233. The van der Waals surface area contributed by atoms with Crippen molar-refractivity contribution in [3.8, 4) is 0 Å². The molecule has 1 unspecified atom stereocenters. The molecular weight excluding hydrogens is 240 g/mol. The van der Waals surface area contributed by atoms with Gasteiger partial charge in [0.05, 0.1) is 4.47 Å². The largest absolute Gasteiger partial charge is 0.366 e. The van der Waals surface area contributed by atoms with E-state index in [1.807, 2.05) is 12.1 Å². The molecule has 0 bridgehead atoms. The first-order valence-electron chi connectivity index (χ1n) is 4.78. The van der Waals surface area contributed by atoms with Gasteiger partial charge in [-0.2, -0.15) is 0 Å². The van der Waals surface area contributed by atoms with Crippen molar-refractivity contribution in [1.82, 2.24) is 4.98 Å². The Balaban J connectivity index is 2.75. The molecule has 2 nitrogen and oxygen atoms in total. The molecule has 14 heavy (non-hydrogen) atoms. The van der Waals surface area contributed by atoms with Gasteiger partial charge >= 0.3 is 0 Å². The summed E-state index contributed by atoms with van der Waals surface area (Å²) in [5, 5.41) is 3.39. The summed E-state index contributed by atoms with van der Waals surface area (Å²) in [5.74, 6) is 0.912. The van der Waals surface area contributed by atoms with Crippen LogP contribution in [0.1, 0.15) is 27.7 Å². The van der Waals surface area contributed by atoms with Crippen LogP contribution in [-0.4, -0.2) is 11.0 Å². The van der Waals surface area contributed by atoms with Crippen LogP contribution in [0.5, 0.6) is 0 Å². The Labute approximate surface area is 94.3 Å². The zero-order valence-corrected chi connectivity index (χ0v) is 10.7. The normalized spacial score (nSPS) is 13.8. The maximum atomic E-state index is 4.27. The van der Waals surface area contributed by atoms with Gasteiger partial charge < -0.3 is 5.32 Å². The summed E-state index contributed by atoms with van der Waals surface area (Å²) >= 11 is 3.47. The van der Waals surface area contributed by atoms with Gasteiger partial charge in [-0.3, -0.25) is 0 Å². The second-order valence-corrected chi connectivity index (χ2v) is 5.42. The standard InChI is InChI=1S/C11H17BrN2/c1-8(11(2,3)4)14-10-9(12)6-5-7-13-10/h5-8H,1-4H3,(H,13,14). The fourth-order valence-corrected chi connectivity index (χ4v) is 1.28. The van der Waals surface area contributed by atoms with Gasteiger partial charge in [0.1, 0.15) is 5.82 Å². The van der Waals surface area contributed by atoms with Crippen LogP contribution in [0, 0.1) is 5.41 Å². The molecule has 0 aliphatic carbocycles. The maximum absolute atomic E-state index is 4.27. The number of rotatable bonds is 2. The summed E-state index contributed by atoms with van der Waals surface area (Å²) in [4.78, 5) is 4.27. The van der Waals surface area contributed by atoms with Crippen LogP contribution in [0.3, 0.4) is 0 Å². The minimum Gasteiger partial charge on any atom is -0.366 e. The van der Waals surface area contributed by atoms with Crippen molar-refractivity contribution in [3.63, 3.8) is 0 Å². The average Bonchev–Trinajstić information content (AvgIpc) is 2.07. The Morgan fingerprint density at radius 1 is 1.43 bits per heavy atom. The molecule has 0 fully saturated rings. The van der Waals surface area contributed by atoms with E-state index in [4.69, 9.17) is 0 Å². The van der Waals surface area contributed by atoms with Crippen LogP contribution in [0.25, 0.3) is 0 Å². The first-order chi connectivity index (χ1) is 6.41. The van der Waals surface area contributed by atoms with E-state index in [2.05, 4.69) is 53.9 Å². The smallest absolute Gasteiger partial charge is 0.140 e. The van der Waals surface area contributed by atoms with Gasteiger partial charge in [0.25, 0.3) is 0 Å². The number of nitrogens with one attached hydrogen (secondary N) is 1. The lowest BCUT2D eigenvalue weighted by Crippen LogP contribution is -2.31. The fraction of sp³-hybridized carbons (Fsp3) is 0.545. The van der Waals surface area contributed by atoms with E-state index in [0.29, 0.717) is 6.04 Å². The highest BCUT2D eigenvalue weighted by Gasteiger charge is 2.20. The third-order valence-electron chi connectivity index (χ3n) is 2.41. The van der Waals surface area contributed by atoms with Gasteiger partial charge in [0.2, 0.25) is 0 Å². The van der Waals surface area contributed by atoms with Crippen LogP contribution in [0.2, 0.25) is 0 Å². The van der Waals surface area contributed by atoms with Crippen LogP contribution >= 0.6 is 15.9 Å². The molecule has 1 atom stereocenters. The van der Waals surface area contributed by atoms with E-state index in [1.165, 1.54) is 0 Å². The second-order valence-electron chi connectivity index (χ2n) is 4.57. The lowest BCUT2D eigenvalue weighted by molar-refractivity contribution is 0.358. The van der Waals surface area contributed by atoms with Crippen LogP contribution < -0.4 is 5.32 Å². The highest BCUT2D eigenvalue weighted by molar-refractivity contribution is 9.10. The summed E-state index contributed by atoms with van der Waals surface area (Å²) < 4.78 is 1.01. The molecule has 1 heterocycles. The van der Waals surface area contributed by atoms with Crippen molar-refractivity contribution in [2.24, 2.45) is 5.41 Å². The third kappa shape index (κ3) is 2.98. The Morgan fingerprint density at radius 3 is 2.57 bits per heavy atom. The lowest BCUT2D eigenvalue weighted by atomic mass is 9.88. The van der Waals surface area contributed by atoms with Crippen molar-refractivity contribution >= 4 is 21.7 Å². The molecule has 0 amide bonds. The summed E-state index contributed by atoms with van der Waals surface area (Å²) in [7, 11) is 0. The molecule has 1 aromatic rings. The van der Waals surface area contributed by atoms with E-state index in [1.54, 1.807) is 6.20 Å². The molecule has 0 aliphatic heterocycles. The molecule has 0 aromatic carbocycles. The van der Waals surface area contributed by atoms with Gasteiger partial charge in [-0.05, 0) is 40.4 Å². The molecule has 1 N–H and O–H groups in total. The van der Waals surface area contributed by atoms with E-state index >= 15 is 0 Å². The molecule has 3 heteroatoms. The number of hydrogen-bond acceptors (Lipinski definition) is 2. The van der Waals surface area contributed by atoms with E-state index in [-0.39, 0.29) is 5.41 Å². The van der Waals surface area contributed by atoms with E-state index in [9.17, 15) is 0 Å². The number of anilines is 1. The summed E-state index contributed by atoms with van der Waals surface area (Å²) in [6, 6.07) is 4.29. The third-order valence-corrected chi connectivity index (χ3v) is 3.05. The highest BCUT2D eigenvalue weighted by atomic mass is 79.9. The molecule has 0 spiro atoms. The van der Waals surface area contributed by atoms with Crippen LogP contribution in [0.15, 0.2) is 22.8 Å². The quantitative estimate of drug-likeness (QED) is 0.873. The van der Waals surface area contributed by atoms with Crippen molar-refractivity contribution in [1.29, 1.82) is 0 Å². The number of hydrogen-bond donors (Lipinski definition) is 1. The molecule has 0 aliphatic rings. The first kappa shape index (κ1) is 11.5. The monoisotopic (exact) mass is 256 g/mol. The van der Waals surface area contributed by atoms with Gasteiger partial charge in [0, 0.05) is 12.2 Å². The predicted molar refractivity (Wildman–Crippen MR) is 64.5 cm³/mol. The SMILES string of the molecule is CC(Nc1ncccc1Br)C(C)(C)C. The van der Waals surface area contributed by atoms with Crippen LogP contribution in [0.4, 0.5) is 5.82 Å². The van der Waals surface area contributed by atoms with Crippen molar-refractivity contribution in [2.75, 3.05) is 5.32 Å². The van der Waals surface area contributed by atoms with Crippen molar-refractivity contribution in [2.45, 2.75) is 33.7 Å². The fourth-order valence-electron chi connectivity index (χ4n) is 0.913. The molecular formula is C11H17BrN2. The zero-order valence-electron chi connectivity index (χ0n) is 9.13. The van der Waals surface area contributed by atoms with Gasteiger partial charge in [0.15, 0.2) is 0 Å². The molecule has 1 aromatic heterocycles. The predicted octanol–water partition coefficient (Wildman–Crippen LogP) is 3.69. The second kappa shape index (κ2) is 4.30.